The van der Waals surface area contributed by atoms with E-state index in [1.54, 1.807) is 30.3 Å². The topological polar surface area (TPSA) is 78.1 Å². The van der Waals surface area contributed by atoms with Crippen LogP contribution in [-0.2, 0) is 11.3 Å². The highest BCUT2D eigenvalue weighted by molar-refractivity contribution is 8.23. The van der Waals surface area contributed by atoms with Gasteiger partial charge >= 0.3 is 0 Å². The molecule has 1 fully saturated rings. The van der Waals surface area contributed by atoms with Crippen molar-refractivity contribution in [2.75, 3.05) is 24.2 Å². The van der Waals surface area contributed by atoms with Crippen LogP contribution in [0.5, 0.6) is 0 Å². The number of amides is 1. The van der Waals surface area contributed by atoms with Gasteiger partial charge in [-0.2, -0.15) is 5.26 Å². The second kappa shape index (κ2) is 8.39. The number of thioether (sulfide) groups is 1. The molecule has 1 saturated heterocycles. The van der Waals surface area contributed by atoms with E-state index in [9.17, 15) is 9.59 Å². The van der Waals surface area contributed by atoms with Crippen LogP contribution in [0.4, 0.5) is 5.69 Å². The Kier molecular flexibility index (Phi) is 5.69. The van der Waals surface area contributed by atoms with Gasteiger partial charge < -0.3 is 14.8 Å². The molecule has 0 radical (unpaired) electrons. The number of anilines is 1. The Morgan fingerprint density at radius 2 is 2.03 bits per heavy atom. The van der Waals surface area contributed by atoms with Gasteiger partial charge in [0.05, 0.1) is 17.0 Å². The van der Waals surface area contributed by atoms with E-state index in [1.807, 2.05) is 16.7 Å². The molecule has 1 aromatic carbocycles. The van der Waals surface area contributed by atoms with E-state index < -0.39 is 0 Å². The largest absolute Gasteiger partial charge is 0.356 e. The second-order valence-corrected chi connectivity index (χ2v) is 8.97. The van der Waals surface area contributed by atoms with Crippen molar-refractivity contribution in [3.63, 3.8) is 0 Å². The van der Waals surface area contributed by atoms with Crippen molar-refractivity contribution in [1.29, 1.82) is 5.26 Å². The molecule has 0 aliphatic carbocycles. The van der Waals surface area contributed by atoms with Crippen LogP contribution >= 0.6 is 24.0 Å². The summed E-state index contributed by atoms with van der Waals surface area (Å²) < 4.78 is 2.60. The molecule has 2 atom stereocenters. The number of pyridine rings is 1. The predicted molar refractivity (Wildman–Crippen MR) is 118 cm³/mol. The maximum absolute atomic E-state index is 12.3. The summed E-state index contributed by atoms with van der Waals surface area (Å²) in [4.78, 5) is 26.6. The smallest absolute Gasteiger partial charge is 0.250 e. The van der Waals surface area contributed by atoms with Crippen LogP contribution in [0.1, 0.15) is 23.6 Å². The lowest BCUT2D eigenvalue weighted by Gasteiger charge is -2.43. The average Bonchev–Trinajstić information content (AvgIpc) is 2.73. The number of para-hydroxylation sites is 1. The lowest BCUT2D eigenvalue weighted by molar-refractivity contribution is -0.113. The molecule has 3 heterocycles. The van der Waals surface area contributed by atoms with Gasteiger partial charge in [-0.05, 0) is 30.5 Å². The zero-order valence-electron chi connectivity index (χ0n) is 15.7. The number of nitrogens with zero attached hydrogens (tertiary/aromatic N) is 3. The number of piperidine rings is 1. The molecule has 2 bridgehead atoms. The predicted octanol–water partition coefficient (Wildman–Crippen LogP) is 2.80. The SMILES string of the molecule is N#Cc1ccccc1NC(=O)CSC(=S)N1C[C@H]2C[C@@H](C1)c1cccc(=O)n1C2. The Morgan fingerprint density at radius 3 is 2.86 bits per heavy atom. The Hall–Kier alpha value is -2.63. The minimum Gasteiger partial charge on any atom is -0.356 e. The molecule has 4 rings (SSSR count). The summed E-state index contributed by atoms with van der Waals surface area (Å²) in [6.45, 7) is 2.30. The maximum Gasteiger partial charge on any atom is 0.250 e. The van der Waals surface area contributed by atoms with Crippen LogP contribution in [-0.4, -0.2) is 38.5 Å². The van der Waals surface area contributed by atoms with E-state index in [1.165, 1.54) is 11.8 Å². The van der Waals surface area contributed by atoms with Gasteiger partial charge in [-0.15, -0.1) is 0 Å². The van der Waals surface area contributed by atoms with Gasteiger partial charge in [0.25, 0.3) is 5.56 Å². The number of aromatic nitrogens is 1. The third-order valence-electron chi connectivity index (χ3n) is 5.39. The van der Waals surface area contributed by atoms with Crippen molar-refractivity contribution in [1.82, 2.24) is 9.47 Å². The first-order valence-corrected chi connectivity index (χ1v) is 10.8. The normalized spacial score (nSPS) is 19.8. The van der Waals surface area contributed by atoms with Crippen molar-refractivity contribution in [3.05, 3.63) is 64.1 Å². The van der Waals surface area contributed by atoms with Crippen molar-refractivity contribution in [2.24, 2.45) is 5.92 Å². The molecule has 0 saturated carbocycles. The van der Waals surface area contributed by atoms with E-state index in [-0.39, 0.29) is 23.1 Å². The van der Waals surface area contributed by atoms with Crippen LogP contribution in [0.2, 0.25) is 0 Å². The third-order valence-corrected chi connectivity index (χ3v) is 6.91. The summed E-state index contributed by atoms with van der Waals surface area (Å²) in [6, 6.07) is 14.5. The van der Waals surface area contributed by atoms with Gasteiger partial charge in [0.15, 0.2) is 0 Å². The molecule has 1 aromatic heterocycles. The molecular weight excluding hydrogens is 404 g/mol. The van der Waals surface area contributed by atoms with E-state index in [0.717, 1.165) is 31.7 Å². The third kappa shape index (κ3) is 4.21. The first-order chi connectivity index (χ1) is 14.0. The monoisotopic (exact) mass is 424 g/mol. The van der Waals surface area contributed by atoms with Crippen molar-refractivity contribution in [3.8, 4) is 6.07 Å². The Balaban J connectivity index is 1.36. The summed E-state index contributed by atoms with van der Waals surface area (Å²) in [6.07, 6.45) is 1.07. The molecule has 148 valence electrons. The molecule has 1 amide bonds. The first-order valence-electron chi connectivity index (χ1n) is 9.45. The number of fused-ring (bicyclic) bond motifs is 4. The number of likely N-dealkylation sites (tertiary alicyclic amines) is 1. The standard InChI is InChI=1S/C21H20N4O2S2/c22-9-15-4-1-2-5-17(15)23-19(26)13-29-21(28)24-10-14-8-16(12-24)18-6-3-7-20(27)25(18)11-14/h1-7,14,16H,8,10-13H2,(H,23,26)/t14-,16+/m1/s1. The number of benzene rings is 1. The zero-order valence-corrected chi connectivity index (χ0v) is 17.3. The zero-order chi connectivity index (χ0) is 20.4. The summed E-state index contributed by atoms with van der Waals surface area (Å²) in [5.41, 5.74) is 2.10. The highest BCUT2D eigenvalue weighted by Gasteiger charge is 2.35. The van der Waals surface area contributed by atoms with Crippen molar-refractivity contribution < 1.29 is 4.79 Å². The highest BCUT2D eigenvalue weighted by Crippen LogP contribution is 2.36. The summed E-state index contributed by atoms with van der Waals surface area (Å²) >= 11 is 6.94. The van der Waals surface area contributed by atoms with Crippen molar-refractivity contribution in [2.45, 2.75) is 18.9 Å². The Morgan fingerprint density at radius 1 is 1.21 bits per heavy atom. The van der Waals surface area contributed by atoms with Gasteiger partial charge in [-0.1, -0.05) is 42.2 Å². The number of carbonyl (C=O) groups is 1. The number of rotatable bonds is 3. The lowest BCUT2D eigenvalue weighted by atomic mass is 9.83. The van der Waals surface area contributed by atoms with E-state index in [4.69, 9.17) is 17.5 Å². The molecule has 1 N–H and O–H groups in total. The van der Waals surface area contributed by atoms with Crippen LogP contribution in [0.15, 0.2) is 47.3 Å². The van der Waals surface area contributed by atoms with Crippen LogP contribution in [0, 0.1) is 17.2 Å². The van der Waals surface area contributed by atoms with Crippen LogP contribution < -0.4 is 10.9 Å². The highest BCUT2D eigenvalue weighted by atomic mass is 32.2. The number of nitrogens with one attached hydrogen (secondary N) is 1. The number of hydrogen-bond acceptors (Lipinski definition) is 5. The second-order valence-electron chi connectivity index (χ2n) is 7.36. The number of hydrogen-bond donors (Lipinski definition) is 1. The van der Waals surface area contributed by atoms with Crippen LogP contribution in [0.25, 0.3) is 0 Å². The van der Waals surface area contributed by atoms with Gasteiger partial charge in [-0.3, -0.25) is 9.59 Å². The molecule has 2 aliphatic heterocycles. The van der Waals surface area contributed by atoms with Gasteiger partial charge in [0, 0.05) is 37.3 Å². The van der Waals surface area contributed by atoms with Crippen LogP contribution in [0.3, 0.4) is 0 Å². The molecule has 8 heteroatoms. The van der Waals surface area contributed by atoms with E-state index in [2.05, 4.69) is 16.3 Å². The summed E-state index contributed by atoms with van der Waals surface area (Å²) in [5, 5.41) is 11.9. The molecule has 0 spiro atoms. The fourth-order valence-corrected chi connectivity index (χ4v) is 5.12. The number of nitriles is 1. The molecule has 29 heavy (non-hydrogen) atoms. The Labute approximate surface area is 178 Å². The lowest BCUT2D eigenvalue weighted by Crippen LogP contribution is -2.48. The maximum atomic E-state index is 12.3. The summed E-state index contributed by atoms with van der Waals surface area (Å²) in [7, 11) is 0. The molecule has 0 unspecified atom stereocenters. The first kappa shape index (κ1) is 19.7. The van der Waals surface area contributed by atoms with E-state index >= 15 is 0 Å². The van der Waals surface area contributed by atoms with E-state index in [0.29, 0.717) is 21.5 Å². The quantitative estimate of drug-likeness (QED) is 0.764. The fourth-order valence-electron chi connectivity index (χ4n) is 4.14. The van der Waals surface area contributed by atoms with Crippen molar-refractivity contribution >= 4 is 39.9 Å². The van der Waals surface area contributed by atoms with Gasteiger partial charge in [0.1, 0.15) is 10.4 Å². The Bertz CT molecular complexity index is 1060. The number of thiocarbonyl (C=S) groups is 1. The molecule has 2 aromatic rings. The number of carbonyl (C=O) groups excluding carboxylic acids is 1. The minimum absolute atomic E-state index is 0.0666. The van der Waals surface area contributed by atoms with Gasteiger partial charge in [-0.25, -0.2) is 0 Å². The molecular formula is C21H20N4O2S2. The minimum atomic E-state index is -0.186. The molecule has 2 aliphatic rings. The van der Waals surface area contributed by atoms with Gasteiger partial charge in [0.2, 0.25) is 5.91 Å². The molecule has 6 nitrogen and oxygen atoms in total. The summed E-state index contributed by atoms with van der Waals surface area (Å²) in [5.74, 6) is 0.678. The fraction of sp³-hybridized carbons (Fsp3) is 0.333. The average molecular weight is 425 g/mol.